The van der Waals surface area contributed by atoms with Gasteiger partial charge in [-0.1, -0.05) is 11.8 Å². The van der Waals surface area contributed by atoms with E-state index < -0.39 is 4.92 Å². The second-order valence-electron chi connectivity index (χ2n) is 6.79. The van der Waals surface area contributed by atoms with Crippen molar-refractivity contribution in [1.82, 2.24) is 15.2 Å². The molecule has 2 N–H and O–H groups in total. The molecule has 0 unspecified atom stereocenters. The van der Waals surface area contributed by atoms with Crippen LogP contribution >= 0.6 is 11.8 Å². The highest BCUT2D eigenvalue weighted by atomic mass is 32.2. The van der Waals surface area contributed by atoms with E-state index in [9.17, 15) is 19.7 Å². The fraction of sp³-hybridized carbons (Fsp3) is 0.0455. The molecule has 0 fully saturated rings. The first-order chi connectivity index (χ1) is 16.5. The van der Waals surface area contributed by atoms with Crippen LogP contribution in [0.3, 0.4) is 0 Å². The molecule has 0 atom stereocenters. The summed E-state index contributed by atoms with van der Waals surface area (Å²) in [6, 6.07) is 15.7. The lowest BCUT2D eigenvalue weighted by atomic mass is 10.2. The average molecular weight is 476 g/mol. The number of pyridine rings is 1. The lowest BCUT2D eigenvalue weighted by Gasteiger charge is -2.05. The van der Waals surface area contributed by atoms with Gasteiger partial charge in [0, 0.05) is 41.5 Å². The smallest absolute Gasteiger partial charge is 0.277 e. The van der Waals surface area contributed by atoms with E-state index in [2.05, 4.69) is 25.8 Å². The molecule has 0 spiro atoms. The number of thioether (sulfide) groups is 1. The van der Waals surface area contributed by atoms with E-state index in [-0.39, 0.29) is 34.4 Å². The lowest BCUT2D eigenvalue weighted by molar-refractivity contribution is -0.384. The number of nitrogens with zero attached hydrogens (tertiary/aromatic N) is 4. The topological polar surface area (TPSA) is 153 Å². The Labute approximate surface area is 196 Å². The zero-order valence-corrected chi connectivity index (χ0v) is 18.2. The van der Waals surface area contributed by atoms with Crippen molar-refractivity contribution in [3.8, 4) is 11.5 Å². The van der Waals surface area contributed by atoms with Crippen molar-refractivity contribution in [2.45, 2.75) is 5.22 Å². The fourth-order valence-electron chi connectivity index (χ4n) is 2.77. The van der Waals surface area contributed by atoms with E-state index in [1.807, 2.05) is 0 Å². The van der Waals surface area contributed by atoms with Crippen molar-refractivity contribution in [1.29, 1.82) is 0 Å². The van der Waals surface area contributed by atoms with Gasteiger partial charge in [-0.2, -0.15) is 0 Å². The summed E-state index contributed by atoms with van der Waals surface area (Å²) in [5.74, 6) is -0.321. The third kappa shape index (κ3) is 5.81. The number of hydrogen-bond acceptors (Lipinski definition) is 9. The maximum Gasteiger partial charge on any atom is 0.277 e. The zero-order valence-electron chi connectivity index (χ0n) is 17.4. The number of rotatable bonds is 8. The van der Waals surface area contributed by atoms with Crippen molar-refractivity contribution in [2.24, 2.45) is 0 Å². The highest BCUT2D eigenvalue weighted by molar-refractivity contribution is 7.99. The molecule has 2 amide bonds. The van der Waals surface area contributed by atoms with E-state index in [1.54, 1.807) is 42.6 Å². The van der Waals surface area contributed by atoms with Gasteiger partial charge in [0.25, 0.3) is 16.8 Å². The van der Waals surface area contributed by atoms with Gasteiger partial charge in [0.1, 0.15) is 0 Å². The van der Waals surface area contributed by atoms with Gasteiger partial charge in [0.05, 0.1) is 16.2 Å². The molecular formula is C22H16N6O5S. The van der Waals surface area contributed by atoms with Gasteiger partial charge >= 0.3 is 0 Å². The number of benzene rings is 2. The normalized spacial score (nSPS) is 10.5. The third-order valence-corrected chi connectivity index (χ3v) is 5.23. The Kier molecular flexibility index (Phi) is 6.89. The Morgan fingerprint density at radius 3 is 2.35 bits per heavy atom. The Morgan fingerprint density at radius 2 is 1.68 bits per heavy atom. The summed E-state index contributed by atoms with van der Waals surface area (Å²) in [7, 11) is 0. The van der Waals surface area contributed by atoms with Crippen molar-refractivity contribution < 1.29 is 18.9 Å². The summed E-state index contributed by atoms with van der Waals surface area (Å²) in [6.45, 7) is 0. The molecule has 12 heteroatoms. The molecule has 0 saturated carbocycles. The molecule has 2 aromatic heterocycles. The summed E-state index contributed by atoms with van der Waals surface area (Å²) in [5.41, 5.74) is 2.07. The van der Waals surface area contributed by atoms with Gasteiger partial charge in [-0.25, -0.2) is 0 Å². The second-order valence-corrected chi connectivity index (χ2v) is 7.71. The summed E-state index contributed by atoms with van der Waals surface area (Å²) in [5, 5.41) is 24.2. The highest BCUT2D eigenvalue weighted by Crippen LogP contribution is 2.25. The standard InChI is InChI=1S/C22H16N6O5S/c29-19(24-16-7-9-18(10-8-16)28(31)32)13-34-22-27-26-21(33-22)14-3-5-17(6-4-14)25-20(30)15-2-1-11-23-12-15/h1-12H,13H2,(H,24,29)(H,25,30). The molecule has 4 aromatic rings. The number of nitrogens with one attached hydrogen (secondary N) is 2. The van der Waals surface area contributed by atoms with Crippen molar-refractivity contribution in [3.63, 3.8) is 0 Å². The highest BCUT2D eigenvalue weighted by Gasteiger charge is 2.13. The van der Waals surface area contributed by atoms with Crippen LogP contribution in [0.1, 0.15) is 10.4 Å². The Bertz CT molecular complexity index is 1310. The summed E-state index contributed by atoms with van der Waals surface area (Å²) in [4.78, 5) is 38.4. The van der Waals surface area contributed by atoms with Gasteiger partial charge in [0.15, 0.2) is 0 Å². The molecule has 2 heterocycles. The minimum atomic E-state index is -0.513. The third-order valence-electron chi connectivity index (χ3n) is 4.41. The molecule has 0 aliphatic rings. The Hall–Kier alpha value is -4.58. The first-order valence-corrected chi connectivity index (χ1v) is 10.8. The van der Waals surface area contributed by atoms with E-state index in [0.717, 1.165) is 11.8 Å². The lowest BCUT2D eigenvalue weighted by Crippen LogP contribution is -2.13. The first-order valence-electron chi connectivity index (χ1n) is 9.80. The van der Waals surface area contributed by atoms with Gasteiger partial charge in [0.2, 0.25) is 11.8 Å². The number of nitro benzene ring substituents is 1. The van der Waals surface area contributed by atoms with Crippen molar-refractivity contribution >= 4 is 40.6 Å². The van der Waals surface area contributed by atoms with E-state index in [0.29, 0.717) is 22.5 Å². The second kappa shape index (κ2) is 10.4. The van der Waals surface area contributed by atoms with Gasteiger partial charge in [-0.05, 0) is 48.5 Å². The molecular weight excluding hydrogens is 460 g/mol. The van der Waals surface area contributed by atoms with Gasteiger partial charge < -0.3 is 15.1 Å². The molecule has 170 valence electrons. The summed E-state index contributed by atoms with van der Waals surface area (Å²) >= 11 is 1.06. The fourth-order valence-corrected chi connectivity index (χ4v) is 3.34. The molecule has 0 aliphatic heterocycles. The molecule has 34 heavy (non-hydrogen) atoms. The van der Waals surface area contributed by atoms with Gasteiger partial charge in [-0.3, -0.25) is 24.7 Å². The maximum absolute atomic E-state index is 12.2. The average Bonchev–Trinajstić information content (AvgIpc) is 3.33. The van der Waals surface area contributed by atoms with Crippen LogP contribution < -0.4 is 10.6 Å². The number of hydrogen-bond donors (Lipinski definition) is 2. The van der Waals surface area contributed by atoms with E-state index in [1.165, 1.54) is 30.5 Å². The Morgan fingerprint density at radius 1 is 0.971 bits per heavy atom. The van der Waals surface area contributed by atoms with Gasteiger partial charge in [-0.15, -0.1) is 10.2 Å². The minimum Gasteiger partial charge on any atom is -0.411 e. The largest absolute Gasteiger partial charge is 0.411 e. The summed E-state index contributed by atoms with van der Waals surface area (Å²) < 4.78 is 5.59. The number of non-ortho nitro benzene ring substituents is 1. The number of nitro groups is 1. The van der Waals surface area contributed by atoms with Crippen LogP contribution in [0.2, 0.25) is 0 Å². The number of carbonyl (C=O) groups excluding carboxylic acids is 2. The van der Waals surface area contributed by atoms with E-state index >= 15 is 0 Å². The van der Waals surface area contributed by atoms with Crippen LogP contribution in [0.5, 0.6) is 0 Å². The molecule has 0 radical (unpaired) electrons. The predicted octanol–water partition coefficient (Wildman–Crippen LogP) is 4.02. The molecule has 2 aromatic carbocycles. The van der Waals surface area contributed by atoms with Crippen LogP contribution in [-0.4, -0.2) is 37.7 Å². The number of anilines is 2. The molecule has 0 bridgehead atoms. The van der Waals surface area contributed by atoms with Crippen LogP contribution in [0, 0.1) is 10.1 Å². The summed E-state index contributed by atoms with van der Waals surface area (Å²) in [6.07, 6.45) is 3.07. The maximum atomic E-state index is 12.2. The predicted molar refractivity (Wildman–Crippen MR) is 124 cm³/mol. The minimum absolute atomic E-state index is 0.0118. The number of aromatic nitrogens is 3. The molecule has 0 saturated heterocycles. The van der Waals surface area contributed by atoms with Crippen LogP contribution in [0.25, 0.3) is 11.5 Å². The number of amides is 2. The van der Waals surface area contributed by atoms with Crippen molar-refractivity contribution in [3.05, 3.63) is 88.7 Å². The Balaban J connectivity index is 1.30. The van der Waals surface area contributed by atoms with Crippen molar-refractivity contribution in [2.75, 3.05) is 16.4 Å². The number of carbonyl (C=O) groups is 2. The monoisotopic (exact) mass is 476 g/mol. The van der Waals surface area contributed by atoms with Crippen LogP contribution in [-0.2, 0) is 4.79 Å². The molecule has 4 rings (SSSR count). The quantitative estimate of drug-likeness (QED) is 0.218. The SMILES string of the molecule is O=C(CSc1nnc(-c2ccc(NC(=O)c3cccnc3)cc2)o1)Nc1ccc([N+](=O)[O-])cc1. The molecule has 11 nitrogen and oxygen atoms in total. The first kappa shape index (κ1) is 22.6. The molecule has 0 aliphatic carbocycles. The van der Waals surface area contributed by atoms with E-state index in [4.69, 9.17) is 4.42 Å². The zero-order chi connectivity index (χ0) is 23.9. The van der Waals surface area contributed by atoms with Crippen LogP contribution in [0.15, 0.2) is 82.7 Å². The van der Waals surface area contributed by atoms with Crippen LogP contribution in [0.4, 0.5) is 17.1 Å².